The van der Waals surface area contributed by atoms with Crippen LogP contribution < -0.4 is 21.7 Å². The molecule has 21 heavy (non-hydrogen) atoms. The van der Waals surface area contributed by atoms with Crippen molar-refractivity contribution in [2.24, 2.45) is 0 Å². The van der Waals surface area contributed by atoms with Gasteiger partial charge in [-0.15, -0.1) is 0 Å². The van der Waals surface area contributed by atoms with Crippen LogP contribution in [0.25, 0.3) is 0 Å². The first-order valence-electron chi connectivity index (χ1n) is 6.15. The lowest BCUT2D eigenvalue weighted by Crippen LogP contribution is -2.31. The van der Waals surface area contributed by atoms with Gasteiger partial charge in [-0.1, -0.05) is 0 Å². The number of rotatable bonds is 2. The number of benzene rings is 1. The minimum absolute atomic E-state index is 0.0277. The molecule has 2 heterocycles. The van der Waals surface area contributed by atoms with Gasteiger partial charge in [0.1, 0.15) is 5.75 Å². The predicted molar refractivity (Wildman–Crippen MR) is 71.5 cm³/mol. The number of ether oxygens (including phenoxy) is 2. The lowest BCUT2D eigenvalue weighted by molar-refractivity contribution is -0.0170. The van der Waals surface area contributed by atoms with Crippen LogP contribution in [-0.4, -0.2) is 16.3 Å². The van der Waals surface area contributed by atoms with Crippen LogP contribution in [0.5, 0.6) is 5.75 Å². The lowest BCUT2D eigenvalue weighted by Gasteiger charge is -2.21. The molecule has 8 heteroatoms. The van der Waals surface area contributed by atoms with Crippen LogP contribution in [0, 0.1) is 5.82 Å². The first-order chi connectivity index (χ1) is 10.0. The number of H-pyrrole nitrogens is 1. The van der Waals surface area contributed by atoms with E-state index in [0.717, 1.165) is 16.3 Å². The summed E-state index contributed by atoms with van der Waals surface area (Å²) in [5, 5.41) is 0. The maximum absolute atomic E-state index is 13.3. The quantitative estimate of drug-likeness (QED) is 0.769. The molecule has 110 valence electrons. The second-order valence-electron chi connectivity index (χ2n) is 4.64. The van der Waals surface area contributed by atoms with E-state index in [9.17, 15) is 14.0 Å². The van der Waals surface area contributed by atoms with Crippen molar-refractivity contribution in [3.8, 4) is 5.75 Å². The maximum atomic E-state index is 13.3. The summed E-state index contributed by atoms with van der Waals surface area (Å²) in [6.07, 6.45) is 0.857. The topological polar surface area (TPSA) is 99.3 Å². The van der Waals surface area contributed by atoms with Gasteiger partial charge in [0.15, 0.2) is 6.79 Å². The van der Waals surface area contributed by atoms with Gasteiger partial charge in [0.25, 0.3) is 5.56 Å². The fourth-order valence-corrected chi connectivity index (χ4v) is 2.23. The van der Waals surface area contributed by atoms with Crippen LogP contribution in [-0.2, 0) is 17.9 Å². The zero-order chi connectivity index (χ0) is 15.0. The Labute approximate surface area is 117 Å². The molecule has 0 saturated heterocycles. The van der Waals surface area contributed by atoms with Crippen molar-refractivity contribution in [3.63, 3.8) is 0 Å². The Hall–Kier alpha value is -2.61. The van der Waals surface area contributed by atoms with Crippen molar-refractivity contribution >= 4 is 5.69 Å². The average molecular weight is 293 g/mol. The van der Waals surface area contributed by atoms with E-state index in [4.69, 9.17) is 15.2 Å². The summed E-state index contributed by atoms with van der Waals surface area (Å²) >= 11 is 0. The van der Waals surface area contributed by atoms with Crippen LogP contribution in [0.15, 0.2) is 27.9 Å². The van der Waals surface area contributed by atoms with Crippen molar-refractivity contribution in [2.45, 2.75) is 13.2 Å². The van der Waals surface area contributed by atoms with Gasteiger partial charge in [0.2, 0.25) is 5.82 Å². The number of anilines is 1. The Morgan fingerprint density at radius 1 is 1.38 bits per heavy atom. The molecule has 0 atom stereocenters. The Morgan fingerprint density at radius 2 is 2.19 bits per heavy atom. The van der Waals surface area contributed by atoms with Crippen molar-refractivity contribution in [1.82, 2.24) is 9.55 Å². The van der Waals surface area contributed by atoms with Gasteiger partial charge < -0.3 is 15.2 Å². The van der Waals surface area contributed by atoms with E-state index < -0.39 is 17.1 Å². The van der Waals surface area contributed by atoms with Crippen LogP contribution >= 0.6 is 0 Å². The Balaban J connectivity index is 2.06. The van der Waals surface area contributed by atoms with Gasteiger partial charge >= 0.3 is 5.69 Å². The van der Waals surface area contributed by atoms with Gasteiger partial charge in [-0.25, -0.2) is 4.79 Å². The van der Waals surface area contributed by atoms with Gasteiger partial charge in [-0.3, -0.25) is 14.3 Å². The van der Waals surface area contributed by atoms with Gasteiger partial charge in [-0.05, 0) is 12.1 Å². The minimum Gasteiger partial charge on any atom is -0.467 e. The third-order valence-corrected chi connectivity index (χ3v) is 3.12. The summed E-state index contributed by atoms with van der Waals surface area (Å²) in [6.45, 7) is 0.473. The molecule has 1 aliphatic rings. The number of nitrogen functional groups attached to an aromatic ring is 1. The summed E-state index contributed by atoms with van der Waals surface area (Å²) in [4.78, 5) is 24.6. The smallest absolute Gasteiger partial charge is 0.328 e. The molecule has 3 N–H and O–H groups in total. The van der Waals surface area contributed by atoms with E-state index in [0.29, 0.717) is 23.6 Å². The standard InChI is InChI=1S/C13H12FN3O4/c14-10-4-17(13(19)16-12(10)18)3-7-1-9(15)2-8-5-20-6-21-11(7)8/h1-2,4H,3,5-6,15H2,(H,16,18,19). The van der Waals surface area contributed by atoms with Crippen LogP contribution in [0.2, 0.25) is 0 Å². The highest BCUT2D eigenvalue weighted by atomic mass is 19.1. The highest BCUT2D eigenvalue weighted by molar-refractivity contribution is 5.53. The van der Waals surface area contributed by atoms with Gasteiger partial charge in [-0.2, -0.15) is 4.39 Å². The van der Waals surface area contributed by atoms with E-state index in [1.807, 2.05) is 4.98 Å². The summed E-state index contributed by atoms with van der Waals surface area (Å²) < 4.78 is 24.9. The van der Waals surface area contributed by atoms with E-state index in [1.165, 1.54) is 0 Å². The third kappa shape index (κ3) is 2.52. The largest absolute Gasteiger partial charge is 0.467 e. The highest BCUT2D eigenvalue weighted by Gasteiger charge is 2.17. The Bertz CT molecular complexity index is 812. The third-order valence-electron chi connectivity index (χ3n) is 3.12. The monoisotopic (exact) mass is 293 g/mol. The Morgan fingerprint density at radius 3 is 3.00 bits per heavy atom. The number of fused-ring (bicyclic) bond motifs is 1. The normalized spacial score (nSPS) is 13.6. The molecule has 0 amide bonds. The number of nitrogens with one attached hydrogen (secondary N) is 1. The molecule has 2 aromatic rings. The van der Waals surface area contributed by atoms with E-state index in [-0.39, 0.29) is 13.3 Å². The SMILES string of the molecule is Nc1cc2c(c(Cn3cc(F)c(=O)[nH]c3=O)c1)OCOC2. The van der Waals surface area contributed by atoms with Crippen molar-refractivity contribution in [1.29, 1.82) is 0 Å². The molecule has 0 saturated carbocycles. The molecule has 0 bridgehead atoms. The van der Waals surface area contributed by atoms with E-state index >= 15 is 0 Å². The lowest BCUT2D eigenvalue weighted by atomic mass is 10.1. The first kappa shape index (κ1) is 13.4. The zero-order valence-corrected chi connectivity index (χ0v) is 10.9. The summed E-state index contributed by atoms with van der Waals surface area (Å²) in [6, 6.07) is 3.35. The van der Waals surface area contributed by atoms with Gasteiger partial charge in [0, 0.05) is 16.8 Å². The number of nitrogens with two attached hydrogens (primary N) is 1. The molecule has 0 unspecified atom stereocenters. The number of hydrogen-bond acceptors (Lipinski definition) is 5. The molecule has 1 aliphatic heterocycles. The number of aromatic nitrogens is 2. The fraction of sp³-hybridized carbons (Fsp3) is 0.231. The molecule has 0 aliphatic carbocycles. The van der Waals surface area contributed by atoms with E-state index in [2.05, 4.69) is 0 Å². The Kier molecular flexibility index (Phi) is 3.22. The molecule has 3 rings (SSSR count). The molecule has 0 spiro atoms. The van der Waals surface area contributed by atoms with Gasteiger partial charge in [0.05, 0.1) is 19.3 Å². The second-order valence-corrected chi connectivity index (χ2v) is 4.64. The zero-order valence-electron chi connectivity index (χ0n) is 10.9. The molecule has 0 fully saturated rings. The number of nitrogens with zero attached hydrogens (tertiary/aromatic N) is 1. The molecular weight excluding hydrogens is 281 g/mol. The van der Waals surface area contributed by atoms with Crippen LogP contribution in [0.3, 0.4) is 0 Å². The highest BCUT2D eigenvalue weighted by Crippen LogP contribution is 2.31. The molecule has 1 aromatic carbocycles. The average Bonchev–Trinajstić information content (AvgIpc) is 2.44. The summed E-state index contributed by atoms with van der Waals surface area (Å²) in [5.41, 5.74) is 5.90. The molecule has 0 radical (unpaired) electrons. The summed E-state index contributed by atoms with van der Waals surface area (Å²) in [5.74, 6) is -0.467. The fourth-order valence-electron chi connectivity index (χ4n) is 2.23. The van der Waals surface area contributed by atoms with E-state index in [1.54, 1.807) is 12.1 Å². The van der Waals surface area contributed by atoms with Crippen molar-refractivity contribution in [2.75, 3.05) is 12.5 Å². The predicted octanol–water partition coefficient (Wildman–Crippen LogP) is 0.173. The first-order valence-corrected chi connectivity index (χ1v) is 6.15. The summed E-state index contributed by atoms with van der Waals surface area (Å²) in [7, 11) is 0. The number of halogens is 1. The van der Waals surface area contributed by atoms with Crippen molar-refractivity contribution in [3.05, 3.63) is 56.1 Å². The van der Waals surface area contributed by atoms with Crippen LogP contribution in [0.4, 0.5) is 10.1 Å². The number of hydrogen-bond donors (Lipinski definition) is 2. The molecule has 7 nitrogen and oxygen atoms in total. The number of aromatic amines is 1. The second kappa shape index (κ2) is 5.06. The van der Waals surface area contributed by atoms with Crippen molar-refractivity contribution < 1.29 is 13.9 Å². The molecular formula is C13H12FN3O4. The maximum Gasteiger partial charge on any atom is 0.328 e. The molecule has 1 aromatic heterocycles. The van der Waals surface area contributed by atoms with Crippen LogP contribution in [0.1, 0.15) is 11.1 Å². The minimum atomic E-state index is -1.05.